The Balaban J connectivity index is 1.89. The maximum Gasteiger partial charge on any atom is 0.194 e. The number of hydrogen-bond acceptors (Lipinski definition) is 1. The normalized spacial score (nSPS) is 11.6. The third-order valence-electron chi connectivity index (χ3n) is 7.73. The van der Waals surface area contributed by atoms with E-state index in [0.717, 1.165) is 49.4 Å². The summed E-state index contributed by atoms with van der Waals surface area (Å²) in [5.41, 5.74) is 10.4. The lowest BCUT2D eigenvalue weighted by Gasteiger charge is -2.24. The summed E-state index contributed by atoms with van der Waals surface area (Å²) < 4.78 is 0. The van der Waals surface area contributed by atoms with E-state index in [1.165, 1.54) is 27.8 Å². The van der Waals surface area contributed by atoms with Gasteiger partial charge in [-0.15, -0.1) is 6.42 Å². The number of ketones is 1. The molecule has 188 valence electrons. The predicted octanol–water partition coefficient (Wildman–Crippen LogP) is 9.40. The van der Waals surface area contributed by atoms with Crippen molar-refractivity contribution in [2.45, 2.75) is 53.9 Å². The van der Waals surface area contributed by atoms with Crippen LogP contribution < -0.4 is 0 Å². The molecule has 0 atom stereocenters. The molecule has 0 fully saturated rings. The summed E-state index contributed by atoms with van der Waals surface area (Å²) in [5.74, 6) is 2.75. The number of terminal acetylenes is 1. The molecular formula is C37H34O. The number of benzene rings is 5. The number of fused-ring (bicyclic) bond motifs is 2. The van der Waals surface area contributed by atoms with Gasteiger partial charge in [0.25, 0.3) is 0 Å². The van der Waals surface area contributed by atoms with E-state index >= 15 is 0 Å². The molecule has 0 heterocycles. The quantitative estimate of drug-likeness (QED) is 0.139. The molecule has 0 aliphatic rings. The van der Waals surface area contributed by atoms with Crippen molar-refractivity contribution in [3.05, 3.63) is 117 Å². The van der Waals surface area contributed by atoms with Gasteiger partial charge in [-0.3, -0.25) is 4.79 Å². The summed E-state index contributed by atoms with van der Waals surface area (Å²) in [6.45, 7) is 15.1. The molecule has 0 bridgehead atoms. The zero-order valence-electron chi connectivity index (χ0n) is 23.4. The second kappa shape index (κ2) is 9.30. The lowest BCUT2D eigenvalue weighted by molar-refractivity contribution is 0.104. The first-order chi connectivity index (χ1) is 18.0. The van der Waals surface area contributed by atoms with Crippen molar-refractivity contribution in [1.29, 1.82) is 0 Å². The number of rotatable bonds is 3. The molecule has 0 saturated heterocycles. The number of hydrogen-bond donors (Lipinski definition) is 0. The van der Waals surface area contributed by atoms with Crippen molar-refractivity contribution >= 4 is 27.3 Å². The molecule has 0 radical (unpaired) electrons. The Morgan fingerprint density at radius 2 is 1.08 bits per heavy atom. The van der Waals surface area contributed by atoms with Gasteiger partial charge in [0.1, 0.15) is 0 Å². The Morgan fingerprint density at radius 3 is 1.50 bits per heavy atom. The van der Waals surface area contributed by atoms with Crippen LogP contribution in [0.1, 0.15) is 70.1 Å². The minimum Gasteiger partial charge on any atom is -0.289 e. The van der Waals surface area contributed by atoms with Gasteiger partial charge in [-0.25, -0.2) is 0 Å². The highest BCUT2D eigenvalue weighted by atomic mass is 16.1. The lowest BCUT2D eigenvalue weighted by atomic mass is 9.79. The van der Waals surface area contributed by atoms with Crippen LogP contribution in [0.15, 0.2) is 72.8 Å². The molecule has 0 amide bonds. The zero-order chi connectivity index (χ0) is 27.4. The third-order valence-corrected chi connectivity index (χ3v) is 7.73. The molecule has 5 rings (SSSR count). The first-order valence-electron chi connectivity index (χ1n) is 13.2. The van der Waals surface area contributed by atoms with Crippen LogP contribution in [-0.4, -0.2) is 5.78 Å². The van der Waals surface area contributed by atoms with Crippen molar-refractivity contribution < 1.29 is 4.79 Å². The zero-order valence-corrected chi connectivity index (χ0v) is 23.4. The molecule has 0 aromatic heterocycles. The van der Waals surface area contributed by atoms with Gasteiger partial charge in [-0.1, -0.05) is 87.4 Å². The van der Waals surface area contributed by atoms with Crippen molar-refractivity contribution in [1.82, 2.24) is 0 Å². The average molecular weight is 495 g/mol. The van der Waals surface area contributed by atoms with Crippen LogP contribution in [0.3, 0.4) is 0 Å². The molecule has 0 saturated carbocycles. The summed E-state index contributed by atoms with van der Waals surface area (Å²) in [5, 5.41) is 4.15. The second-order valence-corrected chi connectivity index (χ2v) is 11.5. The van der Waals surface area contributed by atoms with Gasteiger partial charge >= 0.3 is 0 Å². The smallest absolute Gasteiger partial charge is 0.194 e. The highest BCUT2D eigenvalue weighted by Crippen LogP contribution is 2.43. The van der Waals surface area contributed by atoms with Gasteiger partial charge in [0.2, 0.25) is 0 Å². The van der Waals surface area contributed by atoms with E-state index in [-0.39, 0.29) is 11.2 Å². The maximum atomic E-state index is 14.4. The van der Waals surface area contributed by atoms with Crippen LogP contribution in [-0.2, 0) is 5.41 Å². The SMILES string of the molecule is C#Cc1cc(C)c(C(=O)c2c3ccccc3c(-c3c(C)cc(C(C)(C)C)cc3C)c3ccccc23)c(C)c1. The van der Waals surface area contributed by atoms with Gasteiger partial charge in [0, 0.05) is 16.7 Å². The Labute approximate surface area is 226 Å². The van der Waals surface area contributed by atoms with Gasteiger partial charge in [-0.05, 0) is 106 Å². The Bertz CT molecular complexity index is 1700. The third kappa shape index (κ3) is 4.11. The number of carbonyl (C=O) groups is 1. The summed E-state index contributed by atoms with van der Waals surface area (Å²) in [6, 6.07) is 25.2. The fourth-order valence-electron chi connectivity index (χ4n) is 5.96. The minimum atomic E-state index is 0.0408. The summed E-state index contributed by atoms with van der Waals surface area (Å²) in [4.78, 5) is 14.4. The van der Waals surface area contributed by atoms with E-state index in [0.29, 0.717) is 0 Å². The molecule has 0 aliphatic heterocycles. The van der Waals surface area contributed by atoms with Crippen LogP contribution in [0, 0.1) is 40.0 Å². The molecule has 0 unspecified atom stereocenters. The van der Waals surface area contributed by atoms with E-state index in [1.807, 2.05) is 38.1 Å². The Kier molecular flexibility index (Phi) is 6.24. The first-order valence-corrected chi connectivity index (χ1v) is 13.2. The average Bonchev–Trinajstić information content (AvgIpc) is 2.86. The highest BCUT2D eigenvalue weighted by molar-refractivity contribution is 6.29. The fraction of sp³-hybridized carbons (Fsp3) is 0.216. The second-order valence-electron chi connectivity index (χ2n) is 11.5. The first kappa shape index (κ1) is 25.5. The molecule has 0 aliphatic carbocycles. The Hall–Kier alpha value is -4.15. The number of carbonyl (C=O) groups excluding carboxylic acids is 1. The van der Waals surface area contributed by atoms with Crippen LogP contribution in [0.4, 0.5) is 0 Å². The van der Waals surface area contributed by atoms with E-state index in [1.54, 1.807) is 0 Å². The molecule has 0 N–H and O–H groups in total. The largest absolute Gasteiger partial charge is 0.289 e. The van der Waals surface area contributed by atoms with Crippen molar-refractivity contribution in [3.63, 3.8) is 0 Å². The van der Waals surface area contributed by atoms with Gasteiger partial charge in [0.15, 0.2) is 5.78 Å². The molecule has 1 heteroatoms. The fourth-order valence-corrected chi connectivity index (χ4v) is 5.96. The molecule has 5 aromatic carbocycles. The summed E-state index contributed by atoms with van der Waals surface area (Å²) in [6.07, 6.45) is 5.67. The topological polar surface area (TPSA) is 17.1 Å². The van der Waals surface area contributed by atoms with E-state index in [2.05, 4.69) is 89.1 Å². The number of aryl methyl sites for hydroxylation is 4. The molecule has 5 aromatic rings. The van der Waals surface area contributed by atoms with Crippen LogP contribution in [0.25, 0.3) is 32.7 Å². The van der Waals surface area contributed by atoms with E-state index < -0.39 is 0 Å². The standard InChI is InChI=1S/C37H34O/c1-9-26-18-22(2)33(23(3)19-26)36(38)35-30-16-12-10-14-28(30)34(29-15-11-13-17-31(29)35)32-24(4)20-27(21-25(32)5)37(6,7)8/h1,10-21H,2-8H3. The summed E-state index contributed by atoms with van der Waals surface area (Å²) in [7, 11) is 0. The van der Waals surface area contributed by atoms with Gasteiger partial charge in [0.05, 0.1) is 0 Å². The van der Waals surface area contributed by atoms with Crippen molar-refractivity contribution in [3.8, 4) is 23.5 Å². The van der Waals surface area contributed by atoms with E-state index in [4.69, 9.17) is 6.42 Å². The molecule has 0 spiro atoms. The highest BCUT2D eigenvalue weighted by Gasteiger charge is 2.25. The minimum absolute atomic E-state index is 0.0408. The van der Waals surface area contributed by atoms with Crippen LogP contribution in [0.2, 0.25) is 0 Å². The van der Waals surface area contributed by atoms with Crippen molar-refractivity contribution in [2.75, 3.05) is 0 Å². The Morgan fingerprint density at radius 1 is 0.632 bits per heavy atom. The monoisotopic (exact) mass is 494 g/mol. The summed E-state index contributed by atoms with van der Waals surface area (Å²) >= 11 is 0. The maximum absolute atomic E-state index is 14.4. The molecular weight excluding hydrogens is 460 g/mol. The van der Waals surface area contributed by atoms with Gasteiger partial charge < -0.3 is 0 Å². The predicted molar refractivity (Wildman–Crippen MR) is 162 cm³/mol. The lowest BCUT2D eigenvalue weighted by Crippen LogP contribution is -2.12. The van der Waals surface area contributed by atoms with Gasteiger partial charge in [-0.2, -0.15) is 0 Å². The molecule has 38 heavy (non-hydrogen) atoms. The van der Waals surface area contributed by atoms with Crippen LogP contribution in [0.5, 0.6) is 0 Å². The van der Waals surface area contributed by atoms with E-state index in [9.17, 15) is 4.79 Å². The van der Waals surface area contributed by atoms with Crippen molar-refractivity contribution in [2.24, 2.45) is 0 Å². The van der Waals surface area contributed by atoms with Crippen LogP contribution >= 0.6 is 0 Å². The molecule has 1 nitrogen and oxygen atoms in total.